The van der Waals surface area contributed by atoms with Gasteiger partial charge in [0, 0.05) is 0 Å². The Balaban J connectivity index is 0.000000320. The minimum atomic E-state index is -2.78. The Kier molecular flexibility index (Phi) is 9.17. The zero-order valence-corrected chi connectivity index (χ0v) is 16.2. The van der Waals surface area contributed by atoms with E-state index in [1.165, 1.54) is 0 Å². The van der Waals surface area contributed by atoms with Crippen molar-refractivity contribution in [2.75, 3.05) is 14.2 Å². The molecule has 0 aliphatic heterocycles. The maximum atomic E-state index is 12.1. The number of hydrogen-bond donors (Lipinski definition) is 0. The lowest BCUT2D eigenvalue weighted by Crippen LogP contribution is -2.17. The molecular weight excluding hydrogens is 456 g/mol. The van der Waals surface area contributed by atoms with Gasteiger partial charge in [0.2, 0.25) is 11.4 Å². The Morgan fingerprint density at radius 2 is 1.53 bits per heavy atom. The predicted octanol–water partition coefficient (Wildman–Crippen LogP) is 1.69. The van der Waals surface area contributed by atoms with Crippen molar-refractivity contribution < 1.29 is 46.5 Å². The zero-order valence-electron chi connectivity index (χ0n) is 16.2. The van der Waals surface area contributed by atoms with Crippen molar-refractivity contribution in [2.45, 2.75) is 25.9 Å². The fourth-order valence-corrected chi connectivity index (χ4v) is 2.11. The van der Waals surface area contributed by atoms with Gasteiger partial charge in [-0.1, -0.05) is 0 Å². The normalized spacial score (nSPS) is 10.5. The number of alkyl halides is 4. The van der Waals surface area contributed by atoms with Gasteiger partial charge < -0.3 is 9.47 Å². The summed E-state index contributed by atoms with van der Waals surface area (Å²) < 4.78 is 57.9. The molecule has 0 N–H and O–H groups in total. The molecule has 0 atom stereocenters. The van der Waals surface area contributed by atoms with E-state index in [1.54, 1.807) is 0 Å². The monoisotopic (exact) mass is 470 g/mol. The number of carbonyl (C=O) groups is 2. The molecule has 0 aliphatic carbocycles. The first-order valence-corrected chi connectivity index (χ1v) is 8.07. The Labute approximate surface area is 174 Å². The van der Waals surface area contributed by atoms with Gasteiger partial charge in [-0.05, 0) is 0 Å². The largest absolute Gasteiger partial charge is 0.464 e. The highest BCUT2D eigenvalue weighted by molar-refractivity contribution is 5.92. The number of nitro groups is 2. The van der Waals surface area contributed by atoms with Crippen molar-refractivity contribution >= 4 is 23.3 Å². The van der Waals surface area contributed by atoms with Crippen molar-refractivity contribution in [3.63, 3.8) is 0 Å². The topological polar surface area (TPSA) is 175 Å². The number of rotatable bonds is 8. The first-order chi connectivity index (χ1) is 14.9. The van der Waals surface area contributed by atoms with Gasteiger partial charge in [-0.3, -0.25) is 24.9 Å². The van der Waals surface area contributed by atoms with Crippen LogP contribution < -0.4 is 0 Å². The second-order valence-corrected chi connectivity index (χ2v) is 5.43. The Hall–Kier alpha value is -4.12. The van der Waals surface area contributed by atoms with Gasteiger partial charge in [0.15, 0.2) is 0 Å². The summed E-state index contributed by atoms with van der Waals surface area (Å²) in [6, 6.07) is 0. The fourth-order valence-electron chi connectivity index (χ4n) is 2.11. The number of nitrogens with zero attached hydrogens (tertiary/aromatic N) is 6. The van der Waals surface area contributed by atoms with Gasteiger partial charge in [0.05, 0.1) is 24.1 Å². The molecule has 0 bridgehead atoms. The van der Waals surface area contributed by atoms with Crippen LogP contribution in [0.2, 0.25) is 0 Å². The smallest absolute Gasteiger partial charge is 0.365 e. The Morgan fingerprint density at radius 3 is 1.97 bits per heavy atom. The molecule has 176 valence electrons. The molecule has 0 saturated carbocycles. The Bertz CT molecular complexity index is 980. The van der Waals surface area contributed by atoms with Crippen LogP contribution in [0.5, 0.6) is 0 Å². The maximum absolute atomic E-state index is 12.1. The van der Waals surface area contributed by atoms with E-state index in [1.807, 2.05) is 0 Å². The number of hydrogen-bond acceptors (Lipinski definition) is 10. The van der Waals surface area contributed by atoms with E-state index >= 15 is 0 Å². The predicted molar refractivity (Wildman–Crippen MR) is 92.4 cm³/mol. The van der Waals surface area contributed by atoms with Crippen LogP contribution in [0.25, 0.3) is 0 Å². The highest BCUT2D eigenvalue weighted by Gasteiger charge is 2.29. The molecule has 2 aromatic rings. The maximum Gasteiger partial charge on any atom is 0.365 e. The van der Waals surface area contributed by atoms with Crippen LogP contribution in [-0.4, -0.2) is 68.4 Å². The summed E-state index contributed by atoms with van der Waals surface area (Å²) >= 11 is 0. The highest BCUT2D eigenvalue weighted by Crippen LogP contribution is 2.20. The quantitative estimate of drug-likeness (QED) is 0.239. The lowest BCUT2D eigenvalue weighted by molar-refractivity contribution is -0.385. The molecule has 18 heteroatoms. The van der Waals surface area contributed by atoms with Gasteiger partial charge in [-0.2, -0.15) is 10.2 Å². The van der Waals surface area contributed by atoms with Gasteiger partial charge in [0.1, 0.15) is 25.5 Å². The van der Waals surface area contributed by atoms with E-state index in [0.717, 1.165) is 26.6 Å². The average Bonchev–Trinajstić information content (AvgIpc) is 3.31. The summed E-state index contributed by atoms with van der Waals surface area (Å²) in [5.41, 5.74) is -2.50. The second kappa shape index (κ2) is 11.3. The highest BCUT2D eigenvalue weighted by atomic mass is 19.3. The number of ether oxygens (including phenoxy) is 2. The van der Waals surface area contributed by atoms with E-state index in [0.29, 0.717) is 9.36 Å². The molecule has 14 nitrogen and oxygen atoms in total. The lowest BCUT2D eigenvalue weighted by atomic mass is 10.3. The van der Waals surface area contributed by atoms with Crippen LogP contribution in [0.3, 0.4) is 0 Å². The summed E-state index contributed by atoms with van der Waals surface area (Å²) in [6.07, 6.45) is -4.00. The van der Waals surface area contributed by atoms with Crippen molar-refractivity contribution in [1.82, 2.24) is 19.6 Å². The average molecular weight is 470 g/mol. The SMILES string of the molecule is COC(=O)c1c([N+](=O)[O-])cnn1CC(F)F.COC(=O)c1nn(CC(F)F)cc1[N+](=O)[O-]. The van der Waals surface area contributed by atoms with Crippen molar-refractivity contribution in [3.05, 3.63) is 44.0 Å². The second-order valence-electron chi connectivity index (χ2n) is 5.43. The van der Waals surface area contributed by atoms with Crippen molar-refractivity contribution in [2.24, 2.45) is 0 Å². The zero-order chi connectivity index (χ0) is 24.6. The molecule has 0 amide bonds. The number of carbonyl (C=O) groups excluding carboxylic acids is 2. The minimum Gasteiger partial charge on any atom is -0.464 e. The van der Waals surface area contributed by atoms with Crippen molar-refractivity contribution in [3.8, 4) is 0 Å². The fraction of sp³-hybridized carbons (Fsp3) is 0.429. The molecule has 0 aliphatic rings. The van der Waals surface area contributed by atoms with Gasteiger partial charge in [0.25, 0.3) is 12.9 Å². The number of esters is 2. The molecule has 0 unspecified atom stereocenters. The van der Waals surface area contributed by atoms with Crippen LogP contribution in [0.1, 0.15) is 21.0 Å². The van der Waals surface area contributed by atoms with Crippen LogP contribution in [-0.2, 0) is 22.6 Å². The third-order valence-corrected chi connectivity index (χ3v) is 3.35. The Morgan fingerprint density at radius 1 is 1.00 bits per heavy atom. The molecule has 0 radical (unpaired) electrons. The molecule has 32 heavy (non-hydrogen) atoms. The van der Waals surface area contributed by atoms with Gasteiger partial charge >= 0.3 is 23.3 Å². The van der Waals surface area contributed by atoms with E-state index in [-0.39, 0.29) is 0 Å². The number of methoxy groups -OCH3 is 2. The number of halogens is 4. The summed E-state index contributed by atoms with van der Waals surface area (Å²) in [7, 11) is 2.00. The van der Waals surface area contributed by atoms with Crippen LogP contribution in [0, 0.1) is 20.2 Å². The molecule has 0 saturated heterocycles. The van der Waals surface area contributed by atoms with E-state index in [2.05, 4.69) is 19.7 Å². The van der Waals surface area contributed by atoms with Gasteiger partial charge in [-0.25, -0.2) is 31.8 Å². The van der Waals surface area contributed by atoms with Crippen LogP contribution in [0.4, 0.5) is 28.9 Å². The molecule has 0 aromatic carbocycles. The molecular formula is C14H14F4N6O8. The summed E-state index contributed by atoms with van der Waals surface area (Å²) in [6.45, 7) is -1.73. The molecule has 2 heterocycles. The van der Waals surface area contributed by atoms with E-state index in [4.69, 9.17) is 0 Å². The molecule has 2 rings (SSSR count). The molecule has 2 aromatic heterocycles. The summed E-state index contributed by atoms with van der Waals surface area (Å²) in [4.78, 5) is 41.4. The van der Waals surface area contributed by atoms with Crippen LogP contribution >= 0.6 is 0 Å². The van der Waals surface area contributed by atoms with Crippen molar-refractivity contribution in [1.29, 1.82) is 0 Å². The molecule has 0 fully saturated rings. The first-order valence-electron chi connectivity index (χ1n) is 8.07. The van der Waals surface area contributed by atoms with Gasteiger partial charge in [-0.15, -0.1) is 0 Å². The van der Waals surface area contributed by atoms with Crippen LogP contribution in [0.15, 0.2) is 12.4 Å². The first kappa shape index (κ1) is 25.9. The lowest BCUT2D eigenvalue weighted by Gasteiger charge is -2.03. The summed E-state index contributed by atoms with van der Waals surface area (Å²) in [5, 5.41) is 27.7. The molecule has 0 spiro atoms. The number of aromatic nitrogens is 4. The third-order valence-electron chi connectivity index (χ3n) is 3.35. The van der Waals surface area contributed by atoms with E-state index < -0.39 is 70.5 Å². The minimum absolute atomic E-state index is 0.550. The van der Waals surface area contributed by atoms with E-state index in [9.17, 15) is 47.4 Å². The standard InChI is InChI=1S/2C7H7F2N3O4/c1-16-7(13)6-4(12(14)15)2-11(10-6)3-5(8)9;1-16-7(13)6-4(12(14)15)2-10-11(6)3-5(8)9/h2*2,5H,3H2,1H3. The summed E-state index contributed by atoms with van der Waals surface area (Å²) in [5.74, 6) is -2.12. The third kappa shape index (κ3) is 6.71.